The van der Waals surface area contributed by atoms with Gasteiger partial charge in [0.1, 0.15) is 0 Å². The molecule has 19 aliphatic rings. The van der Waals surface area contributed by atoms with Crippen molar-refractivity contribution in [3.8, 4) is 0 Å². The zero-order chi connectivity index (χ0) is 74.3. The van der Waals surface area contributed by atoms with E-state index in [1.807, 2.05) is 0 Å². The van der Waals surface area contributed by atoms with Crippen molar-refractivity contribution in [1.82, 2.24) is 10.2 Å². The molecule has 4 aromatic carbocycles. The maximum absolute atomic E-state index is 4.00. The molecule has 3 nitrogen and oxygen atoms in total. The van der Waals surface area contributed by atoms with E-state index in [0.717, 1.165) is 88.4 Å². The van der Waals surface area contributed by atoms with Crippen molar-refractivity contribution in [2.45, 2.75) is 211 Å². The minimum Gasteiger partial charge on any atom is -0.361 e. The Hall–Kier alpha value is -8.92. The van der Waals surface area contributed by atoms with Crippen LogP contribution in [-0.4, -0.2) is 23.0 Å². The first kappa shape index (κ1) is 67.7. The van der Waals surface area contributed by atoms with Gasteiger partial charge in [0.2, 0.25) is 0 Å². The molecule has 3 aliphatic heterocycles. The summed E-state index contributed by atoms with van der Waals surface area (Å²) < 4.78 is 0. The second kappa shape index (κ2) is 24.8. The lowest BCUT2D eigenvalue weighted by Crippen LogP contribution is -2.36. The van der Waals surface area contributed by atoms with Gasteiger partial charge >= 0.3 is 0 Å². The molecule has 0 radical (unpaired) electrons. The highest BCUT2D eigenvalue weighted by Gasteiger charge is 2.55. The van der Waals surface area contributed by atoms with Crippen molar-refractivity contribution >= 4 is 33.6 Å². The molecule has 14 unspecified atom stereocenters. The number of hydrogen-bond donors (Lipinski definition) is 1. The fourth-order valence-electron chi connectivity index (χ4n) is 27.3. The maximum atomic E-state index is 4.00. The predicted octanol–water partition coefficient (Wildman–Crippen LogP) is 25.9. The van der Waals surface area contributed by atoms with Gasteiger partial charge in [0.15, 0.2) is 0 Å². The molecule has 558 valence electrons. The first-order chi connectivity index (χ1) is 54.0. The van der Waals surface area contributed by atoms with E-state index in [4.69, 9.17) is 0 Å². The normalized spacial score (nSPS) is 33.6. The highest BCUT2D eigenvalue weighted by molar-refractivity contribution is 5.93. The topological polar surface area (TPSA) is 18.5 Å². The smallest absolute Gasteiger partial charge is 0.0583 e. The zero-order valence-electron chi connectivity index (χ0n) is 67.0. The van der Waals surface area contributed by atoms with Crippen LogP contribution in [0.4, 0.5) is 5.69 Å². The lowest BCUT2D eigenvalue weighted by Gasteiger charge is -2.37. The van der Waals surface area contributed by atoms with Gasteiger partial charge in [-0.15, -0.1) is 0 Å². The molecule has 23 rings (SSSR count). The highest BCUT2D eigenvalue weighted by atomic mass is 15.2. The van der Waals surface area contributed by atoms with E-state index in [1.54, 1.807) is 50.1 Å². The van der Waals surface area contributed by atoms with Gasteiger partial charge in [-0.25, -0.2) is 0 Å². The average molecular weight is 1450 g/mol. The molecule has 14 atom stereocenters. The number of nitrogens with zero attached hydrogens (tertiary/aromatic N) is 2. The number of nitrogens with one attached hydrogen (secondary N) is 1. The van der Waals surface area contributed by atoms with Crippen LogP contribution in [0.15, 0.2) is 292 Å². The van der Waals surface area contributed by atoms with Crippen molar-refractivity contribution in [1.29, 1.82) is 0 Å². The molecular formula is C108H111N3. The number of benzene rings is 4. The Bertz CT molecular complexity index is 5480. The second-order valence-corrected chi connectivity index (χ2v) is 39.6. The number of likely N-dealkylation sites (tertiary alicyclic amines) is 1. The summed E-state index contributed by atoms with van der Waals surface area (Å²) in [6.07, 6.45) is 78.1. The Morgan fingerprint density at radius 2 is 1.32 bits per heavy atom. The van der Waals surface area contributed by atoms with Gasteiger partial charge in [-0.2, -0.15) is 0 Å². The van der Waals surface area contributed by atoms with Crippen LogP contribution in [-0.2, 0) is 16.2 Å². The van der Waals surface area contributed by atoms with Crippen LogP contribution >= 0.6 is 0 Å². The van der Waals surface area contributed by atoms with Gasteiger partial charge < -0.3 is 15.1 Å². The minimum absolute atomic E-state index is 0.0399. The summed E-state index contributed by atoms with van der Waals surface area (Å²) >= 11 is 0. The van der Waals surface area contributed by atoms with Crippen molar-refractivity contribution in [3.63, 3.8) is 0 Å². The van der Waals surface area contributed by atoms with Gasteiger partial charge in [0.05, 0.1) is 12.1 Å². The Labute approximate surface area is 661 Å². The molecule has 0 amide bonds. The molecule has 0 bridgehead atoms. The number of hydrogen-bond acceptors (Lipinski definition) is 3. The quantitative estimate of drug-likeness (QED) is 0.177. The monoisotopic (exact) mass is 1450 g/mol. The SMILES string of the molecule is CC1(C)C2=CCCC=C2c2cc(C3=CCC4C(=C3)C3C=C(c5ccc6c(c5)C5CCC=CC5C6(C)C)C=CC3N4C3=CCC(C4=CC=C5NC6=C(C=C(c7ccc(N8C9=C(CC(C%10=CC=C%11C(C%10)C%10CCCCC%10C%11(C)C)C=C9)C9CC(C%10C=CC%11=C(C%10)c%10ccccc%10C%11(C)C)=CCC98)cc7)CC6)C5C4)C=C3)ccc21. The Kier molecular flexibility index (Phi) is 15.1. The van der Waals surface area contributed by atoms with Gasteiger partial charge in [-0.1, -0.05) is 273 Å². The number of anilines is 1. The van der Waals surface area contributed by atoms with E-state index >= 15 is 0 Å². The molecule has 111 heavy (non-hydrogen) atoms. The third-order valence-electron chi connectivity index (χ3n) is 33.0. The molecule has 1 N–H and O–H groups in total. The molecule has 2 saturated carbocycles. The molecular weight excluding hydrogens is 1340 g/mol. The molecule has 3 heteroatoms. The van der Waals surface area contributed by atoms with Crippen molar-refractivity contribution in [2.75, 3.05) is 4.90 Å². The van der Waals surface area contributed by atoms with Crippen molar-refractivity contribution in [2.24, 2.45) is 64.6 Å². The van der Waals surface area contributed by atoms with E-state index in [2.05, 4.69) is 289 Å². The second-order valence-electron chi connectivity index (χ2n) is 39.6. The van der Waals surface area contributed by atoms with Crippen LogP contribution in [0.25, 0.3) is 27.9 Å². The average Bonchev–Trinajstić information content (AvgIpc) is 1.59. The maximum Gasteiger partial charge on any atom is 0.0583 e. The Morgan fingerprint density at radius 1 is 0.541 bits per heavy atom. The summed E-state index contributed by atoms with van der Waals surface area (Å²) in [5.41, 5.74) is 42.8. The summed E-state index contributed by atoms with van der Waals surface area (Å²) in [6, 6.07) is 35.3. The number of fused-ring (bicyclic) bond motifs is 18. The lowest BCUT2D eigenvalue weighted by molar-refractivity contribution is 0.161. The van der Waals surface area contributed by atoms with Gasteiger partial charge in [-0.05, 0) is 285 Å². The van der Waals surface area contributed by atoms with E-state index in [0.29, 0.717) is 58.9 Å². The summed E-state index contributed by atoms with van der Waals surface area (Å²) in [5.74, 6) is 6.07. The van der Waals surface area contributed by atoms with Gasteiger partial charge in [0, 0.05) is 80.9 Å². The standard InChI is InChI=1S/C108H111N3/c1-105(2)91-21-13-9-17-77(91)81-53-67(29-43-95(81)105)71-35-49-101-87(59-71)88-60-72(68-30-44-96-82(54-68)78-18-10-14-22-92(78)106(96,3)4)36-50-102(88)110(101)75-39-25-63(26-40-75)65-33-47-99-85(57-65)86-58-66(34-48-100(86)109-99)64-27-41-76(42-28-64)111-103-51-37-73(69-31-45-97-83(55-69)79-19-11-15-23-93(79)107(97,5)6)61-89(103)90-62-74(38-52-104(90)111)70-32-46-98-84(56-70)80-20-12-16-24-94(80)108(98,7)8/h9,13,15,17,20-21,23-27,29-32,34-46,48,50-51,55-57,61-62,64,67,72,78-79,82,86-87,89,92-93,101,103-104,109H,10-12,14,16,18-19,22,28,33,47,49,52-54,58-60H2,1-8H3. The van der Waals surface area contributed by atoms with Crippen LogP contribution in [0.2, 0.25) is 0 Å². The van der Waals surface area contributed by atoms with Crippen LogP contribution in [0, 0.1) is 64.6 Å². The van der Waals surface area contributed by atoms with Crippen LogP contribution < -0.4 is 10.2 Å². The Morgan fingerprint density at radius 3 is 2.21 bits per heavy atom. The summed E-state index contributed by atoms with van der Waals surface area (Å²) in [5, 5.41) is 4.00. The molecule has 3 heterocycles. The zero-order valence-corrected chi connectivity index (χ0v) is 67.0. The minimum atomic E-state index is 0.0399. The number of allylic oxidation sites excluding steroid dienone is 31. The number of rotatable bonds is 8. The molecule has 16 aliphatic carbocycles. The highest BCUT2D eigenvalue weighted by Crippen LogP contribution is 2.64. The molecule has 3 fully saturated rings. The van der Waals surface area contributed by atoms with Crippen molar-refractivity contribution in [3.05, 3.63) is 342 Å². The fraction of sp³-hybridized carbons (Fsp3) is 0.407. The third-order valence-corrected chi connectivity index (χ3v) is 33.0. The largest absolute Gasteiger partial charge is 0.361 e. The molecule has 1 saturated heterocycles. The van der Waals surface area contributed by atoms with Crippen LogP contribution in [0.5, 0.6) is 0 Å². The van der Waals surface area contributed by atoms with Gasteiger partial charge in [-0.3, -0.25) is 0 Å². The van der Waals surface area contributed by atoms with Crippen LogP contribution in [0.3, 0.4) is 0 Å². The molecule has 4 aromatic rings. The van der Waals surface area contributed by atoms with Gasteiger partial charge in [0.25, 0.3) is 0 Å². The van der Waals surface area contributed by atoms with E-state index in [-0.39, 0.29) is 28.2 Å². The fourth-order valence-corrected chi connectivity index (χ4v) is 27.3. The van der Waals surface area contributed by atoms with E-state index in [1.165, 1.54) is 151 Å². The molecule has 0 aromatic heterocycles. The lowest BCUT2D eigenvalue weighted by atomic mass is 9.70. The molecule has 0 spiro atoms. The first-order valence-electron chi connectivity index (χ1n) is 43.9. The third kappa shape index (κ3) is 10.1. The summed E-state index contributed by atoms with van der Waals surface area (Å²) in [7, 11) is 0. The predicted molar refractivity (Wildman–Crippen MR) is 461 cm³/mol. The first-order valence-corrected chi connectivity index (χ1v) is 43.9. The summed E-state index contributed by atoms with van der Waals surface area (Å²) in [4.78, 5) is 5.66. The Balaban J connectivity index is 0.502. The van der Waals surface area contributed by atoms with E-state index in [9.17, 15) is 0 Å². The van der Waals surface area contributed by atoms with E-state index < -0.39 is 0 Å². The summed E-state index contributed by atoms with van der Waals surface area (Å²) in [6.45, 7) is 19.9. The van der Waals surface area contributed by atoms with Crippen LogP contribution in [0.1, 0.15) is 227 Å². The van der Waals surface area contributed by atoms with Crippen molar-refractivity contribution < 1.29 is 0 Å².